The number of hydrogen-bond acceptors (Lipinski definition) is 3. The van der Waals surface area contributed by atoms with Gasteiger partial charge in [0, 0.05) is 0 Å². The van der Waals surface area contributed by atoms with Crippen molar-refractivity contribution in [2.24, 2.45) is 0 Å². The maximum absolute atomic E-state index is 11.0. The molecule has 1 aromatic rings. The number of nitrogens with zero attached hydrogens (tertiary/aromatic N) is 2. The Morgan fingerprint density at radius 3 is 2.31 bits per heavy atom. The maximum atomic E-state index is 11.0. The Morgan fingerprint density at radius 2 is 2.00 bits per heavy atom. The van der Waals surface area contributed by atoms with Crippen molar-refractivity contribution in [2.75, 3.05) is 0 Å². The molecule has 0 saturated carbocycles. The first-order chi connectivity index (χ1) is 7.34. The number of aromatic nitrogens is 2. The molecule has 6 nitrogen and oxygen atoms in total. The van der Waals surface area contributed by atoms with Gasteiger partial charge in [0.15, 0.2) is 6.04 Å². The van der Waals surface area contributed by atoms with E-state index in [9.17, 15) is 9.59 Å². The van der Waals surface area contributed by atoms with E-state index >= 15 is 0 Å². The van der Waals surface area contributed by atoms with E-state index in [0.29, 0.717) is 15.9 Å². The fourth-order valence-electron chi connectivity index (χ4n) is 1.39. The molecule has 1 heterocycles. The van der Waals surface area contributed by atoms with Crippen molar-refractivity contribution < 1.29 is 19.8 Å². The van der Waals surface area contributed by atoms with Gasteiger partial charge in [-0.15, -0.1) is 0 Å². The third-order valence-corrected chi connectivity index (χ3v) is 3.33. The summed E-state index contributed by atoms with van der Waals surface area (Å²) in [7, 11) is 0. The Kier molecular flexibility index (Phi) is 3.69. The van der Waals surface area contributed by atoms with Crippen LogP contribution in [0.1, 0.15) is 23.9 Å². The molecule has 0 spiro atoms. The van der Waals surface area contributed by atoms with Crippen LogP contribution in [0, 0.1) is 13.8 Å². The molecule has 0 amide bonds. The minimum absolute atomic E-state index is 0.496. The van der Waals surface area contributed by atoms with E-state index in [0.717, 1.165) is 0 Å². The van der Waals surface area contributed by atoms with E-state index in [4.69, 9.17) is 10.2 Å². The van der Waals surface area contributed by atoms with Crippen LogP contribution in [0.3, 0.4) is 0 Å². The van der Waals surface area contributed by atoms with Crippen LogP contribution in [0.2, 0.25) is 0 Å². The van der Waals surface area contributed by atoms with Crippen LogP contribution in [0.4, 0.5) is 0 Å². The van der Waals surface area contributed by atoms with Crippen molar-refractivity contribution in [3.63, 3.8) is 0 Å². The predicted octanol–water partition coefficient (Wildman–Crippen LogP) is 1.36. The topological polar surface area (TPSA) is 92.4 Å². The third-order valence-electron chi connectivity index (χ3n) is 2.18. The van der Waals surface area contributed by atoms with Gasteiger partial charge in [0.05, 0.1) is 22.3 Å². The zero-order valence-electron chi connectivity index (χ0n) is 8.77. The Bertz CT molecular complexity index is 441. The summed E-state index contributed by atoms with van der Waals surface area (Å²) in [6.45, 7) is 3.40. The monoisotopic (exact) mass is 290 g/mol. The van der Waals surface area contributed by atoms with Crippen LogP contribution in [0.25, 0.3) is 0 Å². The van der Waals surface area contributed by atoms with Gasteiger partial charge in [-0.25, -0.2) is 4.79 Å². The summed E-state index contributed by atoms with van der Waals surface area (Å²) in [6.07, 6.45) is -0.496. The molecule has 1 atom stereocenters. The molecular formula is C9H11BrN2O4. The third kappa shape index (κ3) is 2.41. The van der Waals surface area contributed by atoms with Gasteiger partial charge in [-0.2, -0.15) is 5.10 Å². The van der Waals surface area contributed by atoms with Crippen molar-refractivity contribution in [1.29, 1.82) is 0 Å². The Hall–Kier alpha value is -1.37. The number of hydrogen-bond donors (Lipinski definition) is 2. The quantitative estimate of drug-likeness (QED) is 0.873. The lowest BCUT2D eigenvalue weighted by atomic mass is 10.2. The smallest absolute Gasteiger partial charge is 0.329 e. The summed E-state index contributed by atoms with van der Waals surface area (Å²) in [4.78, 5) is 21.5. The lowest BCUT2D eigenvalue weighted by Crippen LogP contribution is -2.24. The standard InChI is InChI=1S/C9H11BrN2O4/c1-4-8(10)5(2)12(11-4)6(9(15)16)3-7(13)14/h6H,3H2,1-2H3,(H,13,14)(H,15,16)/t6-/m0/s1. The fourth-order valence-corrected chi connectivity index (χ4v) is 1.65. The molecule has 0 aliphatic rings. The molecule has 88 valence electrons. The van der Waals surface area contributed by atoms with Crippen molar-refractivity contribution >= 4 is 27.9 Å². The van der Waals surface area contributed by atoms with Gasteiger partial charge in [-0.05, 0) is 29.8 Å². The number of aliphatic carboxylic acids is 2. The highest BCUT2D eigenvalue weighted by molar-refractivity contribution is 9.10. The number of carbonyl (C=O) groups is 2. The normalized spacial score (nSPS) is 12.4. The lowest BCUT2D eigenvalue weighted by molar-refractivity contribution is -0.147. The molecule has 2 N–H and O–H groups in total. The fraction of sp³-hybridized carbons (Fsp3) is 0.444. The zero-order chi connectivity index (χ0) is 12.5. The van der Waals surface area contributed by atoms with Gasteiger partial charge in [0.25, 0.3) is 0 Å². The Balaban J connectivity index is 3.16. The second-order valence-corrected chi connectivity index (χ2v) is 4.17. The minimum atomic E-state index is -1.21. The number of aryl methyl sites for hydroxylation is 1. The molecule has 0 aromatic carbocycles. The van der Waals surface area contributed by atoms with E-state index in [1.54, 1.807) is 13.8 Å². The summed E-state index contributed by atoms with van der Waals surface area (Å²) >= 11 is 3.26. The van der Waals surface area contributed by atoms with Crippen LogP contribution < -0.4 is 0 Å². The Morgan fingerprint density at radius 1 is 1.44 bits per heavy atom. The average molecular weight is 291 g/mol. The van der Waals surface area contributed by atoms with Crippen molar-refractivity contribution in [3.8, 4) is 0 Å². The highest BCUT2D eigenvalue weighted by Crippen LogP contribution is 2.24. The molecule has 1 rings (SSSR count). The van der Waals surface area contributed by atoms with Crippen LogP contribution in [-0.2, 0) is 9.59 Å². The molecule has 1 aromatic heterocycles. The molecule has 0 aliphatic heterocycles. The minimum Gasteiger partial charge on any atom is -0.481 e. The highest BCUT2D eigenvalue weighted by Gasteiger charge is 2.26. The molecule has 0 saturated heterocycles. The van der Waals surface area contributed by atoms with Gasteiger partial charge in [0.2, 0.25) is 0 Å². The van der Waals surface area contributed by atoms with Crippen LogP contribution >= 0.6 is 15.9 Å². The second-order valence-electron chi connectivity index (χ2n) is 3.38. The van der Waals surface area contributed by atoms with E-state index < -0.39 is 24.4 Å². The van der Waals surface area contributed by atoms with Gasteiger partial charge >= 0.3 is 11.9 Å². The Labute approximate surface area is 100 Å². The molecule has 0 radical (unpaired) electrons. The molecule has 7 heteroatoms. The number of rotatable bonds is 4. The number of halogens is 1. The first kappa shape index (κ1) is 12.7. The number of carboxylic acids is 2. The first-order valence-electron chi connectivity index (χ1n) is 4.50. The molecular weight excluding hydrogens is 280 g/mol. The molecule has 0 fully saturated rings. The van der Waals surface area contributed by atoms with Gasteiger partial charge in [-0.3, -0.25) is 9.48 Å². The summed E-state index contributed by atoms with van der Waals surface area (Å²) < 4.78 is 1.92. The second kappa shape index (κ2) is 4.65. The predicted molar refractivity (Wildman–Crippen MR) is 58.3 cm³/mol. The zero-order valence-corrected chi connectivity index (χ0v) is 10.4. The van der Waals surface area contributed by atoms with Crippen molar-refractivity contribution in [2.45, 2.75) is 26.3 Å². The summed E-state index contributed by atoms with van der Waals surface area (Å²) in [5, 5.41) is 21.6. The van der Waals surface area contributed by atoms with E-state index in [1.165, 1.54) is 4.68 Å². The number of carboxylic acid groups (broad SMARTS) is 2. The van der Waals surface area contributed by atoms with E-state index in [1.807, 2.05) is 0 Å². The SMILES string of the molecule is Cc1nn([C@@H](CC(=O)O)C(=O)O)c(C)c1Br. The van der Waals surface area contributed by atoms with Crippen LogP contribution in [-0.4, -0.2) is 31.9 Å². The largest absolute Gasteiger partial charge is 0.481 e. The molecule has 0 bridgehead atoms. The summed E-state index contributed by atoms with van der Waals surface area (Å²) in [5.41, 5.74) is 1.24. The van der Waals surface area contributed by atoms with Gasteiger partial charge < -0.3 is 10.2 Å². The lowest BCUT2D eigenvalue weighted by Gasteiger charge is -2.12. The molecule has 16 heavy (non-hydrogen) atoms. The van der Waals surface area contributed by atoms with Crippen molar-refractivity contribution in [3.05, 3.63) is 15.9 Å². The molecule has 0 aliphatic carbocycles. The summed E-state index contributed by atoms with van der Waals surface area (Å²) in [6, 6.07) is -1.18. The van der Waals surface area contributed by atoms with Crippen LogP contribution in [0.15, 0.2) is 4.47 Å². The van der Waals surface area contributed by atoms with Crippen LogP contribution in [0.5, 0.6) is 0 Å². The summed E-state index contributed by atoms with van der Waals surface area (Å²) in [5.74, 6) is -2.38. The van der Waals surface area contributed by atoms with Gasteiger partial charge in [-0.1, -0.05) is 0 Å². The van der Waals surface area contributed by atoms with Gasteiger partial charge in [0.1, 0.15) is 0 Å². The molecule has 0 unspecified atom stereocenters. The van der Waals surface area contributed by atoms with E-state index in [-0.39, 0.29) is 0 Å². The first-order valence-corrected chi connectivity index (χ1v) is 5.29. The van der Waals surface area contributed by atoms with Crippen molar-refractivity contribution in [1.82, 2.24) is 9.78 Å². The maximum Gasteiger partial charge on any atom is 0.329 e. The van der Waals surface area contributed by atoms with E-state index in [2.05, 4.69) is 21.0 Å². The highest BCUT2D eigenvalue weighted by atomic mass is 79.9. The average Bonchev–Trinajstić information content (AvgIpc) is 2.42.